The molecule has 0 bridgehead atoms. The molecule has 0 aliphatic rings. The van der Waals surface area contributed by atoms with E-state index in [9.17, 15) is 4.39 Å². The molecule has 0 saturated heterocycles. The van der Waals surface area contributed by atoms with Crippen LogP contribution in [0.3, 0.4) is 0 Å². The predicted octanol–water partition coefficient (Wildman–Crippen LogP) is 2.99. The van der Waals surface area contributed by atoms with E-state index in [0.717, 1.165) is 22.5 Å². The molecule has 0 amide bonds. The minimum atomic E-state index is -0.222. The summed E-state index contributed by atoms with van der Waals surface area (Å²) in [6, 6.07) is 12.2. The van der Waals surface area contributed by atoms with Crippen LogP contribution in [-0.2, 0) is 6.42 Å². The summed E-state index contributed by atoms with van der Waals surface area (Å²) in [5, 5.41) is 4.39. The third kappa shape index (κ3) is 2.83. The summed E-state index contributed by atoms with van der Waals surface area (Å²) in [5.41, 5.74) is 16.4. The second-order valence-electron chi connectivity index (χ2n) is 6.17. The lowest BCUT2D eigenvalue weighted by Gasteiger charge is -2.07. The normalized spacial score (nSPS) is 11.2. The van der Waals surface area contributed by atoms with Gasteiger partial charge in [0.25, 0.3) is 0 Å². The number of nitrogens with zero attached hydrogens (tertiary/aromatic N) is 4. The van der Waals surface area contributed by atoms with Crippen molar-refractivity contribution in [1.29, 1.82) is 0 Å². The molecule has 130 valence electrons. The highest BCUT2D eigenvalue weighted by molar-refractivity contribution is 5.69. The Hall–Kier alpha value is -3.48. The minimum absolute atomic E-state index is 0.222. The minimum Gasteiger partial charge on any atom is -0.384 e. The van der Waals surface area contributed by atoms with Crippen molar-refractivity contribution in [3.63, 3.8) is 0 Å². The van der Waals surface area contributed by atoms with Gasteiger partial charge < -0.3 is 11.5 Å². The number of aryl methyl sites for hydroxylation is 1. The zero-order valence-electron chi connectivity index (χ0n) is 14.1. The zero-order chi connectivity index (χ0) is 18.3. The van der Waals surface area contributed by atoms with Gasteiger partial charge in [0.1, 0.15) is 17.5 Å². The Labute approximate surface area is 149 Å². The van der Waals surface area contributed by atoms with Crippen molar-refractivity contribution in [1.82, 2.24) is 19.6 Å². The van der Waals surface area contributed by atoms with Crippen LogP contribution in [0.5, 0.6) is 0 Å². The molecule has 0 atom stereocenters. The van der Waals surface area contributed by atoms with E-state index in [4.69, 9.17) is 16.5 Å². The van der Waals surface area contributed by atoms with E-state index in [0.29, 0.717) is 29.3 Å². The summed E-state index contributed by atoms with van der Waals surface area (Å²) in [7, 11) is 0. The third-order valence-corrected chi connectivity index (χ3v) is 4.22. The van der Waals surface area contributed by atoms with Gasteiger partial charge in [-0.2, -0.15) is 0 Å². The van der Waals surface area contributed by atoms with Gasteiger partial charge in [0, 0.05) is 18.2 Å². The van der Waals surface area contributed by atoms with Gasteiger partial charge >= 0.3 is 0 Å². The maximum atomic E-state index is 13.6. The van der Waals surface area contributed by atoms with Crippen molar-refractivity contribution in [3.05, 3.63) is 71.3 Å². The van der Waals surface area contributed by atoms with Crippen LogP contribution in [0.15, 0.2) is 48.7 Å². The lowest BCUT2D eigenvalue weighted by Crippen LogP contribution is -2.01. The summed E-state index contributed by atoms with van der Waals surface area (Å²) >= 11 is 0. The monoisotopic (exact) mass is 348 g/mol. The maximum absolute atomic E-state index is 13.6. The van der Waals surface area contributed by atoms with E-state index in [1.807, 2.05) is 18.2 Å². The highest BCUT2D eigenvalue weighted by Gasteiger charge is 2.17. The number of anilines is 2. The number of nitrogens with two attached hydrogens (primary N) is 2. The van der Waals surface area contributed by atoms with Crippen molar-refractivity contribution in [2.24, 2.45) is 0 Å². The molecular weight excluding hydrogens is 331 g/mol. The van der Waals surface area contributed by atoms with E-state index < -0.39 is 0 Å². The van der Waals surface area contributed by atoms with Crippen molar-refractivity contribution in [2.75, 3.05) is 11.5 Å². The summed E-state index contributed by atoms with van der Waals surface area (Å²) in [4.78, 5) is 8.74. The Balaban J connectivity index is 1.90. The van der Waals surface area contributed by atoms with Gasteiger partial charge in [-0.1, -0.05) is 12.1 Å². The van der Waals surface area contributed by atoms with Crippen molar-refractivity contribution in [3.8, 4) is 11.3 Å². The van der Waals surface area contributed by atoms with Gasteiger partial charge in [-0.15, -0.1) is 5.10 Å². The molecule has 0 spiro atoms. The molecule has 0 aliphatic heterocycles. The van der Waals surface area contributed by atoms with Crippen LogP contribution in [0.4, 0.5) is 16.0 Å². The second-order valence-corrected chi connectivity index (χ2v) is 6.17. The van der Waals surface area contributed by atoms with Gasteiger partial charge in [0.05, 0.1) is 11.4 Å². The fourth-order valence-electron chi connectivity index (χ4n) is 3.01. The number of benzene rings is 1. The number of fused-ring (bicyclic) bond motifs is 1. The number of hydrogen-bond donors (Lipinski definition) is 2. The lowest BCUT2D eigenvalue weighted by molar-refractivity contribution is 0.617. The van der Waals surface area contributed by atoms with Crippen LogP contribution in [0.1, 0.15) is 16.8 Å². The number of aromatic nitrogens is 4. The number of hydrogen-bond acceptors (Lipinski definition) is 5. The van der Waals surface area contributed by atoms with Gasteiger partial charge in [-0.3, -0.25) is 0 Å². The van der Waals surface area contributed by atoms with E-state index in [2.05, 4.69) is 10.1 Å². The number of pyridine rings is 1. The largest absolute Gasteiger partial charge is 0.384 e. The first-order valence-corrected chi connectivity index (χ1v) is 8.12. The summed E-state index contributed by atoms with van der Waals surface area (Å²) in [6.45, 7) is 1.75. The van der Waals surface area contributed by atoms with E-state index in [-0.39, 0.29) is 5.82 Å². The molecule has 0 saturated carbocycles. The Morgan fingerprint density at radius 1 is 1.04 bits per heavy atom. The highest BCUT2D eigenvalue weighted by atomic mass is 19.1. The number of nitrogen functional groups attached to an aromatic ring is 2. The number of halogens is 1. The molecule has 4 aromatic rings. The molecular formula is C19H17FN6. The van der Waals surface area contributed by atoms with Gasteiger partial charge in [0.2, 0.25) is 0 Å². The average molecular weight is 348 g/mol. The van der Waals surface area contributed by atoms with Crippen LogP contribution >= 0.6 is 0 Å². The first-order chi connectivity index (χ1) is 12.5. The Kier molecular flexibility index (Phi) is 3.76. The Morgan fingerprint density at radius 2 is 1.88 bits per heavy atom. The van der Waals surface area contributed by atoms with Crippen molar-refractivity contribution < 1.29 is 4.39 Å². The summed E-state index contributed by atoms with van der Waals surface area (Å²) < 4.78 is 15.3. The Bertz CT molecular complexity index is 1120. The highest BCUT2D eigenvalue weighted by Crippen LogP contribution is 2.28. The van der Waals surface area contributed by atoms with Crippen LogP contribution in [0.25, 0.3) is 16.9 Å². The van der Waals surface area contributed by atoms with Crippen LogP contribution in [0.2, 0.25) is 0 Å². The summed E-state index contributed by atoms with van der Waals surface area (Å²) in [5.74, 6) is 0.576. The van der Waals surface area contributed by atoms with Gasteiger partial charge in [-0.05, 0) is 48.4 Å². The second kappa shape index (κ2) is 6.11. The molecule has 4 N–H and O–H groups in total. The van der Waals surface area contributed by atoms with Crippen LogP contribution < -0.4 is 11.5 Å². The summed E-state index contributed by atoms with van der Waals surface area (Å²) in [6.07, 6.45) is 2.17. The molecule has 4 rings (SSSR count). The molecule has 0 radical (unpaired) electrons. The van der Waals surface area contributed by atoms with E-state index >= 15 is 0 Å². The smallest absolute Gasteiger partial charge is 0.154 e. The van der Waals surface area contributed by atoms with E-state index in [1.54, 1.807) is 35.8 Å². The predicted molar refractivity (Wildman–Crippen MR) is 99.0 cm³/mol. The average Bonchev–Trinajstić information content (AvgIpc) is 2.95. The lowest BCUT2D eigenvalue weighted by atomic mass is 10.0. The third-order valence-electron chi connectivity index (χ3n) is 4.22. The molecule has 3 aromatic heterocycles. The molecule has 0 aliphatic carbocycles. The fraction of sp³-hybridized carbons (Fsp3) is 0.105. The first-order valence-electron chi connectivity index (χ1n) is 8.12. The fourth-order valence-corrected chi connectivity index (χ4v) is 3.01. The number of imidazole rings is 1. The Morgan fingerprint density at radius 3 is 2.65 bits per heavy atom. The molecule has 3 heterocycles. The number of rotatable bonds is 3. The SMILES string of the molecule is Cc1cc(Cc2nc3ccc(N)nn3c2-c2ccnc(N)c2)ccc1F. The molecule has 26 heavy (non-hydrogen) atoms. The van der Waals surface area contributed by atoms with E-state index in [1.165, 1.54) is 6.07 Å². The van der Waals surface area contributed by atoms with Crippen LogP contribution in [0, 0.1) is 12.7 Å². The van der Waals surface area contributed by atoms with Crippen LogP contribution in [-0.4, -0.2) is 19.6 Å². The first kappa shape index (κ1) is 16.0. The van der Waals surface area contributed by atoms with Crippen molar-refractivity contribution in [2.45, 2.75) is 13.3 Å². The molecule has 1 aromatic carbocycles. The molecule has 7 heteroatoms. The topological polar surface area (TPSA) is 95.1 Å². The maximum Gasteiger partial charge on any atom is 0.154 e. The van der Waals surface area contributed by atoms with Crippen molar-refractivity contribution >= 4 is 17.3 Å². The zero-order valence-corrected chi connectivity index (χ0v) is 14.1. The molecule has 0 unspecified atom stereocenters. The van der Waals surface area contributed by atoms with Gasteiger partial charge in [-0.25, -0.2) is 18.9 Å². The standard InChI is InChI=1S/C19H17FN6/c1-11-8-12(2-3-14(11)20)9-15-19(13-6-7-23-17(22)10-13)26-18(24-15)5-4-16(21)25-26/h2-8,10H,9H2,1H3,(H2,21,25)(H2,22,23). The molecule has 6 nitrogen and oxygen atoms in total. The molecule has 0 fully saturated rings. The quantitative estimate of drug-likeness (QED) is 0.593. The van der Waals surface area contributed by atoms with Gasteiger partial charge in [0.15, 0.2) is 5.65 Å².